The van der Waals surface area contributed by atoms with Crippen molar-refractivity contribution in [3.05, 3.63) is 35.2 Å². The molecule has 0 spiro atoms. The molecule has 0 radical (unpaired) electrons. The van der Waals surface area contributed by atoms with Crippen molar-refractivity contribution in [1.82, 2.24) is 15.3 Å². The maximum atomic E-state index is 12.3. The minimum Gasteiger partial charge on any atom is -0.449 e. The zero-order valence-corrected chi connectivity index (χ0v) is 13.3. The highest BCUT2D eigenvalue weighted by Gasteiger charge is 2.25. The first-order valence-corrected chi connectivity index (χ1v) is 7.78. The summed E-state index contributed by atoms with van der Waals surface area (Å²) >= 11 is 0. The number of ether oxygens (including phenoxy) is 1. The number of hydrogen-bond acceptors (Lipinski definition) is 5. The van der Waals surface area contributed by atoms with Gasteiger partial charge in [-0.15, -0.1) is 0 Å². The van der Waals surface area contributed by atoms with Crippen molar-refractivity contribution in [3.63, 3.8) is 0 Å². The third-order valence-electron chi connectivity index (χ3n) is 4.05. The monoisotopic (exact) mass is 313 g/mol. The Morgan fingerprint density at radius 3 is 2.70 bits per heavy atom. The van der Waals surface area contributed by atoms with Crippen LogP contribution in [0.4, 0.5) is 0 Å². The molecule has 1 unspecified atom stereocenters. The molecule has 1 aliphatic heterocycles. The normalized spacial score (nSPS) is 18.3. The summed E-state index contributed by atoms with van der Waals surface area (Å²) in [6.45, 7) is 4.41. The minimum absolute atomic E-state index is 0.220. The molecular formula is C17H19N3O3. The fourth-order valence-corrected chi connectivity index (χ4v) is 2.58. The SMILES string of the molecule is Cc1nc2ccc(C(=O)OC3CCCCNC3=O)cc2nc1C. The average molecular weight is 313 g/mol. The standard InChI is InChI=1S/C17H19N3O3/c1-10-11(2)20-14-9-12(6-7-13(14)19-10)17(22)23-15-5-3-4-8-18-16(15)21/h6-7,9,15H,3-5,8H2,1-2H3,(H,18,21). The van der Waals surface area contributed by atoms with E-state index in [1.807, 2.05) is 13.8 Å². The molecule has 1 atom stereocenters. The van der Waals surface area contributed by atoms with E-state index >= 15 is 0 Å². The van der Waals surface area contributed by atoms with Gasteiger partial charge in [0, 0.05) is 6.54 Å². The molecule has 23 heavy (non-hydrogen) atoms. The summed E-state index contributed by atoms with van der Waals surface area (Å²) in [5.74, 6) is -0.725. The lowest BCUT2D eigenvalue weighted by Gasteiger charge is -2.14. The molecule has 6 heteroatoms. The van der Waals surface area contributed by atoms with E-state index in [9.17, 15) is 9.59 Å². The molecule has 1 N–H and O–H groups in total. The fourth-order valence-electron chi connectivity index (χ4n) is 2.58. The van der Waals surface area contributed by atoms with E-state index in [2.05, 4.69) is 15.3 Å². The molecule has 3 rings (SSSR count). The van der Waals surface area contributed by atoms with Gasteiger partial charge in [0.15, 0.2) is 6.10 Å². The second-order valence-corrected chi connectivity index (χ2v) is 5.78. The summed E-state index contributed by atoms with van der Waals surface area (Å²) < 4.78 is 5.37. The molecule has 1 aromatic heterocycles. The van der Waals surface area contributed by atoms with Crippen LogP contribution in [0.3, 0.4) is 0 Å². The van der Waals surface area contributed by atoms with Crippen molar-refractivity contribution < 1.29 is 14.3 Å². The van der Waals surface area contributed by atoms with Crippen LogP contribution in [0, 0.1) is 13.8 Å². The maximum Gasteiger partial charge on any atom is 0.338 e. The van der Waals surface area contributed by atoms with Crippen molar-refractivity contribution >= 4 is 22.9 Å². The molecule has 1 saturated heterocycles. The number of carbonyl (C=O) groups is 2. The average Bonchev–Trinajstić information content (AvgIpc) is 2.73. The molecule has 0 saturated carbocycles. The molecule has 2 aromatic rings. The van der Waals surface area contributed by atoms with Gasteiger partial charge in [-0.1, -0.05) is 0 Å². The lowest BCUT2D eigenvalue weighted by molar-refractivity contribution is -0.129. The van der Waals surface area contributed by atoms with E-state index in [0.29, 0.717) is 24.0 Å². The summed E-state index contributed by atoms with van der Waals surface area (Å²) in [6.07, 6.45) is 1.61. The number of benzene rings is 1. The van der Waals surface area contributed by atoms with Crippen LogP contribution in [-0.2, 0) is 9.53 Å². The van der Waals surface area contributed by atoms with Crippen LogP contribution in [0.15, 0.2) is 18.2 Å². The van der Waals surface area contributed by atoms with Gasteiger partial charge < -0.3 is 10.1 Å². The number of fused-ring (bicyclic) bond motifs is 1. The van der Waals surface area contributed by atoms with Crippen molar-refractivity contribution in [2.75, 3.05) is 6.54 Å². The van der Waals surface area contributed by atoms with Gasteiger partial charge >= 0.3 is 5.97 Å². The van der Waals surface area contributed by atoms with Gasteiger partial charge in [0.1, 0.15) is 0 Å². The summed E-state index contributed by atoms with van der Waals surface area (Å²) in [5, 5.41) is 2.76. The Hall–Kier alpha value is -2.50. The molecule has 2 heterocycles. The van der Waals surface area contributed by atoms with Gasteiger partial charge in [0.05, 0.1) is 28.0 Å². The number of carbonyl (C=O) groups excluding carboxylic acids is 2. The molecule has 0 bridgehead atoms. The van der Waals surface area contributed by atoms with Gasteiger partial charge in [0.25, 0.3) is 5.91 Å². The predicted molar refractivity (Wildman–Crippen MR) is 85.1 cm³/mol. The Labute approximate surface area is 134 Å². The predicted octanol–water partition coefficient (Wildman–Crippen LogP) is 2.07. The van der Waals surface area contributed by atoms with Crippen LogP contribution in [0.5, 0.6) is 0 Å². The van der Waals surface area contributed by atoms with Crippen LogP contribution in [0.2, 0.25) is 0 Å². The Bertz CT molecular complexity index is 773. The molecule has 6 nitrogen and oxygen atoms in total. The van der Waals surface area contributed by atoms with Gasteiger partial charge in [0.2, 0.25) is 0 Å². The second-order valence-electron chi connectivity index (χ2n) is 5.78. The number of aromatic nitrogens is 2. The topological polar surface area (TPSA) is 81.2 Å². The maximum absolute atomic E-state index is 12.3. The van der Waals surface area contributed by atoms with Gasteiger partial charge in [-0.2, -0.15) is 0 Å². The highest BCUT2D eigenvalue weighted by atomic mass is 16.5. The van der Waals surface area contributed by atoms with Crippen LogP contribution >= 0.6 is 0 Å². The third-order valence-corrected chi connectivity index (χ3v) is 4.05. The third kappa shape index (κ3) is 3.31. The molecule has 1 amide bonds. The van der Waals surface area contributed by atoms with E-state index in [1.165, 1.54) is 0 Å². The number of aryl methyl sites for hydroxylation is 2. The summed E-state index contributed by atoms with van der Waals surface area (Å²) in [4.78, 5) is 33.1. The molecule has 0 aliphatic carbocycles. The first-order chi connectivity index (χ1) is 11.0. The van der Waals surface area contributed by atoms with E-state index in [0.717, 1.165) is 29.7 Å². The summed E-state index contributed by atoms with van der Waals surface area (Å²) in [5.41, 5.74) is 3.45. The smallest absolute Gasteiger partial charge is 0.338 e. The number of nitrogens with one attached hydrogen (secondary N) is 1. The quantitative estimate of drug-likeness (QED) is 0.858. The minimum atomic E-state index is -0.716. The van der Waals surface area contributed by atoms with Crippen LogP contribution in [0.25, 0.3) is 11.0 Å². The molecule has 1 fully saturated rings. The largest absolute Gasteiger partial charge is 0.449 e. The Balaban J connectivity index is 1.83. The zero-order valence-electron chi connectivity index (χ0n) is 13.3. The van der Waals surface area contributed by atoms with Crippen molar-refractivity contribution in [1.29, 1.82) is 0 Å². The molecule has 1 aromatic carbocycles. The lowest BCUT2D eigenvalue weighted by Crippen LogP contribution is -2.36. The number of hydrogen-bond donors (Lipinski definition) is 1. The number of rotatable bonds is 2. The highest BCUT2D eigenvalue weighted by Crippen LogP contribution is 2.17. The lowest BCUT2D eigenvalue weighted by atomic mass is 10.1. The zero-order chi connectivity index (χ0) is 16.4. The van der Waals surface area contributed by atoms with Crippen LogP contribution in [-0.4, -0.2) is 34.5 Å². The van der Waals surface area contributed by atoms with Gasteiger partial charge in [-0.05, 0) is 51.3 Å². The Morgan fingerprint density at radius 1 is 1.17 bits per heavy atom. The van der Waals surface area contributed by atoms with Crippen molar-refractivity contribution in [2.45, 2.75) is 39.2 Å². The van der Waals surface area contributed by atoms with E-state index in [4.69, 9.17) is 4.74 Å². The number of amides is 1. The summed E-state index contributed by atoms with van der Waals surface area (Å²) in [6, 6.07) is 5.06. The van der Waals surface area contributed by atoms with Gasteiger partial charge in [-0.3, -0.25) is 4.79 Å². The van der Waals surface area contributed by atoms with Crippen LogP contribution < -0.4 is 5.32 Å². The first-order valence-electron chi connectivity index (χ1n) is 7.78. The van der Waals surface area contributed by atoms with E-state index in [1.54, 1.807) is 18.2 Å². The highest BCUT2D eigenvalue weighted by molar-refractivity contribution is 5.95. The van der Waals surface area contributed by atoms with Crippen molar-refractivity contribution in [3.8, 4) is 0 Å². The number of nitrogens with zero attached hydrogens (tertiary/aromatic N) is 2. The fraction of sp³-hybridized carbons (Fsp3) is 0.412. The van der Waals surface area contributed by atoms with E-state index < -0.39 is 12.1 Å². The Kier molecular flexibility index (Phi) is 4.23. The number of esters is 1. The molecule has 1 aliphatic rings. The van der Waals surface area contributed by atoms with Crippen molar-refractivity contribution in [2.24, 2.45) is 0 Å². The summed E-state index contributed by atoms with van der Waals surface area (Å²) in [7, 11) is 0. The molecular weight excluding hydrogens is 294 g/mol. The first kappa shape index (κ1) is 15.4. The van der Waals surface area contributed by atoms with E-state index in [-0.39, 0.29) is 5.91 Å². The van der Waals surface area contributed by atoms with Crippen LogP contribution in [0.1, 0.15) is 41.0 Å². The molecule has 120 valence electrons. The Morgan fingerprint density at radius 2 is 1.91 bits per heavy atom. The van der Waals surface area contributed by atoms with Gasteiger partial charge in [-0.25, -0.2) is 14.8 Å². The second kappa shape index (κ2) is 6.32.